The maximum atomic E-state index is 12.3. The number of ether oxygens (including phenoxy) is 2. The maximum Gasteiger partial charge on any atom is 0.271 e. The van der Waals surface area contributed by atoms with E-state index in [0.29, 0.717) is 35.3 Å². The number of halogens is 2. The van der Waals surface area contributed by atoms with Crippen LogP contribution in [0.15, 0.2) is 70.2 Å². The summed E-state index contributed by atoms with van der Waals surface area (Å²) in [6.07, 6.45) is 1.54. The van der Waals surface area contributed by atoms with Gasteiger partial charge in [-0.3, -0.25) is 4.79 Å². The predicted octanol–water partition coefficient (Wildman–Crippen LogP) is 6.15. The van der Waals surface area contributed by atoms with E-state index in [0.717, 1.165) is 21.2 Å². The summed E-state index contributed by atoms with van der Waals surface area (Å²) in [4.78, 5) is 12.3. The minimum Gasteiger partial charge on any atom is -0.490 e. The molecule has 31 heavy (non-hydrogen) atoms. The molecule has 0 fully saturated rings. The monoisotopic (exact) mass is 500 g/mol. The Morgan fingerprint density at radius 3 is 2.61 bits per heavy atom. The van der Waals surface area contributed by atoms with Crippen molar-refractivity contribution in [2.75, 3.05) is 6.61 Å². The van der Waals surface area contributed by atoms with Crippen LogP contribution < -0.4 is 14.9 Å². The third-order valence-corrected chi connectivity index (χ3v) is 5.37. The molecule has 160 valence electrons. The van der Waals surface area contributed by atoms with Crippen LogP contribution >= 0.6 is 27.5 Å². The number of aryl methyl sites for hydroxylation is 1. The molecule has 0 bridgehead atoms. The van der Waals surface area contributed by atoms with E-state index in [9.17, 15) is 4.79 Å². The Balaban J connectivity index is 1.72. The van der Waals surface area contributed by atoms with Crippen LogP contribution in [0.25, 0.3) is 0 Å². The van der Waals surface area contributed by atoms with E-state index in [1.807, 2.05) is 56.3 Å². The zero-order valence-electron chi connectivity index (χ0n) is 17.2. The van der Waals surface area contributed by atoms with Gasteiger partial charge in [0, 0.05) is 10.6 Å². The summed E-state index contributed by atoms with van der Waals surface area (Å²) in [5.41, 5.74) is 5.65. The molecule has 0 radical (unpaired) electrons. The lowest BCUT2D eigenvalue weighted by molar-refractivity contribution is 0.0955. The molecule has 0 saturated carbocycles. The molecule has 0 aromatic heterocycles. The van der Waals surface area contributed by atoms with Gasteiger partial charge in [0.2, 0.25) is 0 Å². The summed E-state index contributed by atoms with van der Waals surface area (Å²) < 4.78 is 12.5. The van der Waals surface area contributed by atoms with Gasteiger partial charge in [0.25, 0.3) is 5.91 Å². The summed E-state index contributed by atoms with van der Waals surface area (Å²) in [5, 5.41) is 4.59. The Morgan fingerprint density at radius 1 is 1.13 bits per heavy atom. The second-order valence-corrected chi connectivity index (χ2v) is 7.96. The van der Waals surface area contributed by atoms with E-state index in [4.69, 9.17) is 21.1 Å². The smallest absolute Gasteiger partial charge is 0.271 e. The van der Waals surface area contributed by atoms with Crippen molar-refractivity contribution >= 4 is 39.7 Å². The summed E-state index contributed by atoms with van der Waals surface area (Å²) in [6.45, 7) is 4.69. The van der Waals surface area contributed by atoms with Crippen molar-refractivity contribution in [2.45, 2.75) is 20.5 Å². The SMILES string of the molecule is CCOc1cc(/C=N\NC(=O)c2ccc(C)c(Cl)c2)cc(Br)c1OCc1ccccc1. The molecule has 0 saturated heterocycles. The van der Waals surface area contributed by atoms with Crippen LogP contribution in [0.1, 0.15) is 34.0 Å². The van der Waals surface area contributed by atoms with Crippen LogP contribution in [-0.2, 0) is 6.61 Å². The molecular weight excluding hydrogens is 480 g/mol. The van der Waals surface area contributed by atoms with Gasteiger partial charge in [-0.05, 0) is 70.7 Å². The van der Waals surface area contributed by atoms with Crippen molar-refractivity contribution in [3.63, 3.8) is 0 Å². The highest BCUT2D eigenvalue weighted by Crippen LogP contribution is 2.37. The fraction of sp³-hybridized carbons (Fsp3) is 0.167. The standard InChI is InChI=1S/C24H22BrClN2O3/c1-3-30-22-12-18(11-20(25)23(22)31-15-17-7-5-4-6-8-17)14-27-28-24(29)19-10-9-16(2)21(26)13-19/h4-14H,3,15H2,1-2H3,(H,28,29)/b27-14-. The van der Waals surface area contributed by atoms with E-state index in [1.165, 1.54) is 0 Å². The van der Waals surface area contributed by atoms with Gasteiger partial charge in [-0.1, -0.05) is 48.0 Å². The molecular formula is C24H22BrClN2O3. The highest BCUT2D eigenvalue weighted by molar-refractivity contribution is 9.10. The molecule has 3 aromatic rings. The first-order valence-corrected chi connectivity index (χ1v) is 10.9. The highest BCUT2D eigenvalue weighted by atomic mass is 79.9. The van der Waals surface area contributed by atoms with Crippen LogP contribution in [0.4, 0.5) is 0 Å². The number of nitrogens with zero attached hydrogens (tertiary/aromatic N) is 1. The second-order valence-electron chi connectivity index (χ2n) is 6.70. The number of benzene rings is 3. The van der Waals surface area contributed by atoms with Crippen molar-refractivity contribution in [3.8, 4) is 11.5 Å². The lowest BCUT2D eigenvalue weighted by Gasteiger charge is -2.14. The zero-order valence-corrected chi connectivity index (χ0v) is 19.5. The zero-order chi connectivity index (χ0) is 22.2. The van der Waals surface area contributed by atoms with Crippen molar-refractivity contribution in [1.29, 1.82) is 0 Å². The first kappa shape index (κ1) is 22.8. The largest absolute Gasteiger partial charge is 0.490 e. The lowest BCUT2D eigenvalue weighted by Crippen LogP contribution is -2.17. The molecule has 1 N–H and O–H groups in total. The Hall–Kier alpha value is -2.83. The molecule has 5 nitrogen and oxygen atoms in total. The molecule has 3 rings (SSSR count). The molecule has 7 heteroatoms. The van der Waals surface area contributed by atoms with Gasteiger partial charge in [0.15, 0.2) is 11.5 Å². The second kappa shape index (κ2) is 11.0. The van der Waals surface area contributed by atoms with Gasteiger partial charge in [-0.15, -0.1) is 0 Å². The summed E-state index contributed by atoms with van der Waals surface area (Å²) in [6, 6.07) is 18.7. The molecule has 0 atom stereocenters. The van der Waals surface area contributed by atoms with Gasteiger partial charge < -0.3 is 9.47 Å². The molecule has 0 aliphatic heterocycles. The van der Waals surface area contributed by atoms with E-state index in [-0.39, 0.29) is 5.91 Å². The van der Waals surface area contributed by atoms with Crippen molar-refractivity contribution in [3.05, 3.63) is 92.4 Å². The topological polar surface area (TPSA) is 59.9 Å². The molecule has 0 heterocycles. The fourth-order valence-corrected chi connectivity index (χ4v) is 3.51. The van der Waals surface area contributed by atoms with Crippen LogP contribution in [-0.4, -0.2) is 18.7 Å². The minimum atomic E-state index is -0.343. The van der Waals surface area contributed by atoms with Gasteiger partial charge in [0.1, 0.15) is 6.61 Å². The quantitative estimate of drug-likeness (QED) is 0.297. The molecule has 3 aromatic carbocycles. The van der Waals surface area contributed by atoms with Crippen LogP contribution in [0.2, 0.25) is 5.02 Å². The van der Waals surface area contributed by atoms with E-state index in [2.05, 4.69) is 26.5 Å². The Kier molecular flexibility index (Phi) is 8.09. The summed E-state index contributed by atoms with van der Waals surface area (Å²) >= 11 is 9.63. The molecule has 0 aliphatic rings. The Bertz CT molecular complexity index is 1090. The third-order valence-electron chi connectivity index (χ3n) is 4.37. The number of rotatable bonds is 8. The maximum absolute atomic E-state index is 12.3. The van der Waals surface area contributed by atoms with Gasteiger partial charge in [-0.2, -0.15) is 5.10 Å². The van der Waals surface area contributed by atoms with Gasteiger partial charge in [-0.25, -0.2) is 5.43 Å². The molecule has 1 amide bonds. The number of hydrazone groups is 1. The van der Waals surface area contributed by atoms with E-state index >= 15 is 0 Å². The van der Waals surface area contributed by atoms with Gasteiger partial charge >= 0.3 is 0 Å². The number of carbonyl (C=O) groups is 1. The number of hydrogen-bond donors (Lipinski definition) is 1. The number of hydrogen-bond acceptors (Lipinski definition) is 4. The lowest BCUT2D eigenvalue weighted by atomic mass is 10.1. The number of amides is 1. The van der Waals surface area contributed by atoms with Crippen LogP contribution in [0.5, 0.6) is 11.5 Å². The third kappa shape index (κ3) is 6.32. The first-order valence-electron chi connectivity index (χ1n) is 9.70. The molecule has 0 aliphatic carbocycles. The van der Waals surface area contributed by atoms with Crippen molar-refractivity contribution in [2.24, 2.45) is 5.10 Å². The predicted molar refractivity (Wildman–Crippen MR) is 127 cm³/mol. The minimum absolute atomic E-state index is 0.343. The summed E-state index contributed by atoms with van der Waals surface area (Å²) in [5.74, 6) is 0.858. The average molecular weight is 502 g/mol. The van der Waals surface area contributed by atoms with Crippen molar-refractivity contribution < 1.29 is 14.3 Å². The molecule has 0 unspecified atom stereocenters. The van der Waals surface area contributed by atoms with Crippen LogP contribution in [0.3, 0.4) is 0 Å². The summed E-state index contributed by atoms with van der Waals surface area (Å²) in [7, 11) is 0. The molecule has 0 spiro atoms. The fourth-order valence-electron chi connectivity index (χ4n) is 2.76. The first-order chi connectivity index (χ1) is 15.0. The normalized spacial score (nSPS) is 10.8. The van der Waals surface area contributed by atoms with E-state index in [1.54, 1.807) is 24.4 Å². The van der Waals surface area contributed by atoms with Crippen molar-refractivity contribution in [1.82, 2.24) is 5.43 Å². The van der Waals surface area contributed by atoms with E-state index < -0.39 is 0 Å². The number of nitrogens with one attached hydrogen (secondary N) is 1. The Morgan fingerprint density at radius 2 is 1.90 bits per heavy atom. The average Bonchev–Trinajstić information content (AvgIpc) is 2.76. The Labute approximate surface area is 195 Å². The number of carbonyl (C=O) groups excluding carboxylic acids is 1. The van der Waals surface area contributed by atoms with Crippen LogP contribution in [0, 0.1) is 6.92 Å². The highest BCUT2D eigenvalue weighted by Gasteiger charge is 2.12. The van der Waals surface area contributed by atoms with Gasteiger partial charge in [0.05, 0.1) is 17.3 Å².